The minimum absolute atomic E-state index is 0.145. The molecule has 1 aromatic carbocycles. The van der Waals surface area contributed by atoms with Gasteiger partial charge in [0.05, 0.1) is 22.4 Å². The van der Waals surface area contributed by atoms with Crippen molar-refractivity contribution in [2.24, 2.45) is 4.99 Å². The second kappa shape index (κ2) is 7.84. The summed E-state index contributed by atoms with van der Waals surface area (Å²) >= 11 is 4.48. The van der Waals surface area contributed by atoms with Crippen molar-refractivity contribution >= 4 is 49.4 Å². The fourth-order valence-electron chi connectivity index (χ4n) is 2.38. The van der Waals surface area contributed by atoms with E-state index in [0.29, 0.717) is 28.2 Å². The lowest BCUT2D eigenvalue weighted by Crippen LogP contribution is -2.16. The van der Waals surface area contributed by atoms with Crippen LogP contribution in [0, 0.1) is 0 Å². The highest BCUT2D eigenvalue weighted by Crippen LogP contribution is 2.20. The number of halogens is 1. The van der Waals surface area contributed by atoms with E-state index in [9.17, 15) is 9.59 Å². The van der Waals surface area contributed by atoms with Crippen molar-refractivity contribution in [2.75, 3.05) is 6.61 Å². The number of fused-ring (bicyclic) bond motifs is 1. The van der Waals surface area contributed by atoms with Crippen LogP contribution in [-0.4, -0.2) is 23.1 Å². The van der Waals surface area contributed by atoms with Gasteiger partial charge in [-0.25, -0.2) is 4.79 Å². The summed E-state index contributed by atoms with van der Waals surface area (Å²) in [6.07, 6.45) is 1.72. The summed E-state index contributed by atoms with van der Waals surface area (Å²) in [5.74, 6) is -0.717. The van der Waals surface area contributed by atoms with E-state index in [1.54, 1.807) is 37.3 Å². The molecule has 2 aromatic heterocycles. The topological polar surface area (TPSA) is 73.8 Å². The third-order valence-electron chi connectivity index (χ3n) is 3.49. The molecule has 3 rings (SSSR count). The van der Waals surface area contributed by atoms with Crippen LogP contribution in [0.25, 0.3) is 10.2 Å². The standard InChI is InChI=1S/C18H15BrN2O4S/c1-3-9-21-12-6-5-11(17(23)24-4-2)10-14(12)26-18(21)20-16(22)13-7-8-15(19)25-13/h3,5-8,10H,1,4,9H2,2H3. The molecule has 0 aliphatic heterocycles. The number of nitrogens with zero attached hydrogens (tertiary/aromatic N) is 2. The average Bonchev–Trinajstić information content (AvgIpc) is 3.19. The monoisotopic (exact) mass is 434 g/mol. The molecular formula is C18H15BrN2O4S. The van der Waals surface area contributed by atoms with Crippen molar-refractivity contribution < 1.29 is 18.7 Å². The highest BCUT2D eigenvalue weighted by atomic mass is 79.9. The average molecular weight is 435 g/mol. The van der Waals surface area contributed by atoms with Crippen LogP contribution in [0.15, 0.2) is 57.1 Å². The van der Waals surface area contributed by atoms with E-state index < -0.39 is 5.91 Å². The largest absolute Gasteiger partial charge is 0.462 e. The Morgan fingerprint density at radius 3 is 2.85 bits per heavy atom. The third-order valence-corrected chi connectivity index (χ3v) is 4.95. The third kappa shape index (κ3) is 3.71. The fraction of sp³-hybridized carbons (Fsp3) is 0.167. The first kappa shape index (κ1) is 18.3. The zero-order valence-electron chi connectivity index (χ0n) is 13.9. The number of carbonyl (C=O) groups is 2. The summed E-state index contributed by atoms with van der Waals surface area (Å²) in [6, 6.07) is 8.44. The molecule has 0 fully saturated rings. The number of rotatable bonds is 5. The molecule has 0 radical (unpaired) electrons. The molecule has 2 heterocycles. The Labute approximate surface area is 161 Å². The Kier molecular flexibility index (Phi) is 5.53. The summed E-state index contributed by atoms with van der Waals surface area (Å²) in [4.78, 5) is 28.9. The van der Waals surface area contributed by atoms with E-state index in [4.69, 9.17) is 9.15 Å². The quantitative estimate of drug-likeness (QED) is 0.446. The van der Waals surface area contributed by atoms with E-state index in [1.165, 1.54) is 11.3 Å². The summed E-state index contributed by atoms with van der Waals surface area (Å²) in [5.41, 5.74) is 1.31. The molecular weight excluding hydrogens is 420 g/mol. The van der Waals surface area contributed by atoms with E-state index in [0.717, 1.165) is 10.2 Å². The number of esters is 1. The van der Waals surface area contributed by atoms with Crippen LogP contribution >= 0.6 is 27.3 Å². The van der Waals surface area contributed by atoms with Gasteiger partial charge in [-0.05, 0) is 53.2 Å². The normalized spacial score (nSPS) is 11.7. The van der Waals surface area contributed by atoms with Gasteiger partial charge < -0.3 is 13.7 Å². The molecule has 8 heteroatoms. The van der Waals surface area contributed by atoms with Gasteiger partial charge in [0.1, 0.15) is 0 Å². The predicted octanol–water partition coefficient (Wildman–Crippen LogP) is 4.16. The van der Waals surface area contributed by atoms with Crippen molar-refractivity contribution in [1.82, 2.24) is 4.57 Å². The summed E-state index contributed by atoms with van der Waals surface area (Å²) in [6.45, 7) is 6.30. The number of carbonyl (C=O) groups excluding carboxylic acids is 2. The van der Waals surface area contributed by atoms with Gasteiger partial charge >= 0.3 is 11.9 Å². The van der Waals surface area contributed by atoms with Crippen molar-refractivity contribution in [3.63, 3.8) is 0 Å². The van der Waals surface area contributed by atoms with E-state index in [2.05, 4.69) is 27.5 Å². The minimum atomic E-state index is -0.481. The van der Waals surface area contributed by atoms with Gasteiger partial charge in [-0.3, -0.25) is 4.79 Å². The highest BCUT2D eigenvalue weighted by Gasteiger charge is 2.14. The summed E-state index contributed by atoms with van der Waals surface area (Å²) in [5, 5.41) is 0. The number of hydrogen-bond donors (Lipinski definition) is 0. The Morgan fingerprint density at radius 1 is 1.38 bits per heavy atom. The van der Waals surface area contributed by atoms with Crippen LogP contribution < -0.4 is 4.80 Å². The number of ether oxygens (including phenoxy) is 1. The van der Waals surface area contributed by atoms with E-state index in [-0.39, 0.29) is 11.7 Å². The fourth-order valence-corrected chi connectivity index (χ4v) is 3.76. The lowest BCUT2D eigenvalue weighted by Gasteiger charge is -2.03. The molecule has 0 unspecified atom stereocenters. The number of aromatic nitrogens is 1. The van der Waals surface area contributed by atoms with Gasteiger partial charge in [0, 0.05) is 6.54 Å². The summed E-state index contributed by atoms with van der Waals surface area (Å²) in [7, 11) is 0. The maximum atomic E-state index is 12.3. The van der Waals surface area contributed by atoms with Crippen molar-refractivity contribution in [1.29, 1.82) is 0 Å². The molecule has 6 nitrogen and oxygen atoms in total. The first-order valence-electron chi connectivity index (χ1n) is 7.79. The van der Waals surface area contributed by atoms with Crippen molar-refractivity contribution in [2.45, 2.75) is 13.5 Å². The Morgan fingerprint density at radius 2 is 2.19 bits per heavy atom. The van der Waals surface area contributed by atoms with E-state index in [1.807, 2.05) is 10.6 Å². The highest BCUT2D eigenvalue weighted by molar-refractivity contribution is 9.10. The lowest BCUT2D eigenvalue weighted by molar-refractivity contribution is 0.0526. The maximum Gasteiger partial charge on any atom is 0.338 e. The molecule has 26 heavy (non-hydrogen) atoms. The molecule has 0 aliphatic rings. The predicted molar refractivity (Wildman–Crippen MR) is 102 cm³/mol. The van der Waals surface area contributed by atoms with E-state index >= 15 is 0 Å². The first-order chi connectivity index (χ1) is 12.5. The second-order valence-electron chi connectivity index (χ2n) is 5.21. The molecule has 0 aliphatic carbocycles. The molecule has 0 saturated carbocycles. The maximum absolute atomic E-state index is 12.3. The van der Waals surface area contributed by atoms with Crippen LogP contribution in [-0.2, 0) is 11.3 Å². The van der Waals surface area contributed by atoms with Crippen LogP contribution in [0.3, 0.4) is 0 Å². The van der Waals surface area contributed by atoms with Gasteiger partial charge in [0.25, 0.3) is 0 Å². The van der Waals surface area contributed by atoms with Crippen LogP contribution in [0.4, 0.5) is 0 Å². The minimum Gasteiger partial charge on any atom is -0.462 e. The van der Waals surface area contributed by atoms with Crippen LogP contribution in [0.1, 0.15) is 27.8 Å². The van der Waals surface area contributed by atoms with Crippen molar-refractivity contribution in [3.05, 3.63) is 63.8 Å². The molecule has 1 amide bonds. The first-order valence-corrected chi connectivity index (χ1v) is 9.40. The number of furan rings is 1. The van der Waals surface area contributed by atoms with Crippen LogP contribution in [0.2, 0.25) is 0 Å². The Balaban J connectivity index is 2.10. The smallest absolute Gasteiger partial charge is 0.338 e. The SMILES string of the molecule is C=CCn1c(=NC(=O)c2ccc(Br)o2)sc2cc(C(=O)OCC)ccc21. The molecule has 0 N–H and O–H groups in total. The molecule has 3 aromatic rings. The second-order valence-corrected chi connectivity index (χ2v) is 7.00. The zero-order chi connectivity index (χ0) is 18.7. The molecule has 0 bridgehead atoms. The zero-order valence-corrected chi connectivity index (χ0v) is 16.3. The Bertz CT molecular complexity index is 1060. The molecule has 134 valence electrons. The van der Waals surface area contributed by atoms with Gasteiger partial charge in [-0.2, -0.15) is 4.99 Å². The van der Waals surface area contributed by atoms with Gasteiger partial charge in [0.2, 0.25) is 0 Å². The van der Waals surface area contributed by atoms with Gasteiger partial charge in [-0.1, -0.05) is 17.4 Å². The lowest BCUT2D eigenvalue weighted by atomic mass is 10.2. The molecule has 0 spiro atoms. The van der Waals surface area contributed by atoms with Crippen molar-refractivity contribution in [3.8, 4) is 0 Å². The molecule has 0 saturated heterocycles. The molecule has 0 atom stereocenters. The number of thiazole rings is 1. The van der Waals surface area contributed by atoms with Gasteiger partial charge in [-0.15, -0.1) is 6.58 Å². The number of benzene rings is 1. The van der Waals surface area contributed by atoms with Crippen LogP contribution in [0.5, 0.6) is 0 Å². The number of amides is 1. The number of hydrogen-bond acceptors (Lipinski definition) is 5. The number of allylic oxidation sites excluding steroid dienone is 1. The Hall–Kier alpha value is -2.45. The summed E-state index contributed by atoms with van der Waals surface area (Å²) < 4.78 is 13.4. The van der Waals surface area contributed by atoms with Gasteiger partial charge in [0.15, 0.2) is 15.2 Å².